The average molecular weight is 270 g/mol. The van der Waals surface area contributed by atoms with Crippen LogP contribution in [0.5, 0.6) is 0 Å². The van der Waals surface area contributed by atoms with E-state index in [9.17, 15) is 0 Å². The summed E-state index contributed by atoms with van der Waals surface area (Å²) < 4.78 is 0. The Hall–Kier alpha value is -2.10. The van der Waals surface area contributed by atoms with E-state index in [1.807, 2.05) is 55.3 Å². The molecular weight excluding hydrogens is 248 g/mol. The topological polar surface area (TPSA) is 41.1 Å². The SMILES string of the molecule is Cc1cc(NCC(C)C)nc(N(C)c2ccccc2)n1. The van der Waals surface area contributed by atoms with Gasteiger partial charge in [-0.3, -0.25) is 0 Å². The van der Waals surface area contributed by atoms with E-state index in [0.717, 1.165) is 23.7 Å². The van der Waals surface area contributed by atoms with Gasteiger partial charge in [-0.15, -0.1) is 0 Å². The molecule has 0 aliphatic rings. The second kappa shape index (κ2) is 6.37. The number of benzene rings is 1. The lowest BCUT2D eigenvalue weighted by Gasteiger charge is -2.18. The summed E-state index contributed by atoms with van der Waals surface area (Å²) in [5, 5.41) is 3.35. The van der Waals surface area contributed by atoms with Gasteiger partial charge in [-0.1, -0.05) is 32.0 Å². The van der Waals surface area contributed by atoms with E-state index in [-0.39, 0.29) is 0 Å². The molecule has 0 amide bonds. The van der Waals surface area contributed by atoms with Crippen LogP contribution in [-0.4, -0.2) is 23.6 Å². The molecule has 0 bridgehead atoms. The normalized spacial score (nSPS) is 10.7. The van der Waals surface area contributed by atoms with Gasteiger partial charge in [-0.05, 0) is 25.0 Å². The molecule has 2 rings (SSSR count). The zero-order valence-electron chi connectivity index (χ0n) is 12.6. The summed E-state index contributed by atoms with van der Waals surface area (Å²) in [5.41, 5.74) is 2.04. The lowest BCUT2D eigenvalue weighted by molar-refractivity contribution is 0.686. The highest BCUT2D eigenvalue weighted by atomic mass is 15.2. The van der Waals surface area contributed by atoms with Crippen LogP contribution in [-0.2, 0) is 0 Å². The summed E-state index contributed by atoms with van der Waals surface area (Å²) in [5.74, 6) is 2.17. The Kier molecular flexibility index (Phi) is 4.56. The van der Waals surface area contributed by atoms with Crippen LogP contribution in [0.1, 0.15) is 19.5 Å². The number of aromatic nitrogens is 2. The summed E-state index contributed by atoms with van der Waals surface area (Å²) >= 11 is 0. The maximum absolute atomic E-state index is 4.59. The monoisotopic (exact) mass is 270 g/mol. The fraction of sp³-hybridized carbons (Fsp3) is 0.375. The number of nitrogens with zero attached hydrogens (tertiary/aromatic N) is 3. The molecule has 106 valence electrons. The predicted octanol–water partition coefficient (Wildman–Crippen LogP) is 3.62. The highest BCUT2D eigenvalue weighted by molar-refractivity contribution is 5.57. The van der Waals surface area contributed by atoms with Crippen LogP contribution in [0.25, 0.3) is 0 Å². The van der Waals surface area contributed by atoms with Gasteiger partial charge in [0.2, 0.25) is 5.95 Å². The van der Waals surface area contributed by atoms with Gasteiger partial charge in [0, 0.05) is 31.0 Å². The molecule has 0 aliphatic carbocycles. The van der Waals surface area contributed by atoms with Crippen molar-refractivity contribution in [3.63, 3.8) is 0 Å². The van der Waals surface area contributed by atoms with E-state index in [2.05, 4.69) is 29.1 Å². The van der Waals surface area contributed by atoms with Crippen molar-refractivity contribution in [1.82, 2.24) is 9.97 Å². The van der Waals surface area contributed by atoms with Crippen molar-refractivity contribution in [3.05, 3.63) is 42.1 Å². The molecule has 4 heteroatoms. The number of hydrogen-bond donors (Lipinski definition) is 1. The zero-order valence-corrected chi connectivity index (χ0v) is 12.6. The summed E-state index contributed by atoms with van der Waals surface area (Å²) in [6.07, 6.45) is 0. The molecule has 0 fully saturated rings. The Balaban J connectivity index is 2.23. The highest BCUT2D eigenvalue weighted by Crippen LogP contribution is 2.21. The Bertz CT molecular complexity index is 552. The molecule has 0 atom stereocenters. The molecule has 1 N–H and O–H groups in total. The van der Waals surface area contributed by atoms with E-state index < -0.39 is 0 Å². The van der Waals surface area contributed by atoms with E-state index in [1.54, 1.807) is 0 Å². The largest absolute Gasteiger partial charge is 0.370 e. The Labute approximate surface area is 120 Å². The standard InChI is InChI=1S/C16H22N4/c1-12(2)11-17-15-10-13(3)18-16(19-15)20(4)14-8-6-5-7-9-14/h5-10,12H,11H2,1-4H3,(H,17,18,19). The van der Waals surface area contributed by atoms with Gasteiger partial charge in [0.05, 0.1) is 0 Å². The molecule has 0 spiro atoms. The Morgan fingerprint density at radius 2 is 1.85 bits per heavy atom. The maximum atomic E-state index is 4.59. The maximum Gasteiger partial charge on any atom is 0.231 e. The summed E-state index contributed by atoms with van der Waals surface area (Å²) in [6, 6.07) is 12.1. The number of nitrogens with one attached hydrogen (secondary N) is 1. The Morgan fingerprint density at radius 3 is 2.50 bits per heavy atom. The van der Waals surface area contributed by atoms with Gasteiger partial charge in [0.25, 0.3) is 0 Å². The first-order valence-corrected chi connectivity index (χ1v) is 6.94. The van der Waals surface area contributed by atoms with Crippen molar-refractivity contribution in [2.75, 3.05) is 23.8 Å². The first-order chi connectivity index (χ1) is 9.56. The van der Waals surface area contributed by atoms with Gasteiger partial charge in [0.1, 0.15) is 5.82 Å². The van der Waals surface area contributed by atoms with Crippen LogP contribution in [0.4, 0.5) is 17.5 Å². The molecular formula is C16H22N4. The van der Waals surface area contributed by atoms with Crippen LogP contribution < -0.4 is 10.2 Å². The van der Waals surface area contributed by atoms with E-state index in [1.165, 1.54) is 0 Å². The quantitative estimate of drug-likeness (QED) is 0.901. The molecule has 4 nitrogen and oxygen atoms in total. The number of para-hydroxylation sites is 1. The van der Waals surface area contributed by atoms with Crippen LogP contribution in [0.2, 0.25) is 0 Å². The first kappa shape index (κ1) is 14.3. The smallest absolute Gasteiger partial charge is 0.231 e. The molecule has 2 aromatic rings. The van der Waals surface area contributed by atoms with E-state index >= 15 is 0 Å². The fourth-order valence-electron chi connectivity index (χ4n) is 1.87. The number of aryl methyl sites for hydroxylation is 1. The second-order valence-corrected chi connectivity index (χ2v) is 5.36. The van der Waals surface area contributed by atoms with Crippen LogP contribution in [0.15, 0.2) is 36.4 Å². The number of rotatable bonds is 5. The fourth-order valence-corrected chi connectivity index (χ4v) is 1.87. The molecule has 1 heterocycles. The van der Waals surface area contributed by atoms with Crippen molar-refractivity contribution < 1.29 is 0 Å². The number of hydrogen-bond acceptors (Lipinski definition) is 4. The minimum absolute atomic E-state index is 0.584. The third-order valence-corrected chi connectivity index (χ3v) is 2.98. The van der Waals surface area contributed by atoms with Crippen LogP contribution in [0.3, 0.4) is 0 Å². The molecule has 1 aromatic carbocycles. The van der Waals surface area contributed by atoms with Crippen molar-refractivity contribution in [3.8, 4) is 0 Å². The summed E-state index contributed by atoms with van der Waals surface area (Å²) in [7, 11) is 1.98. The second-order valence-electron chi connectivity index (χ2n) is 5.36. The summed E-state index contributed by atoms with van der Waals surface area (Å²) in [4.78, 5) is 11.1. The third-order valence-electron chi connectivity index (χ3n) is 2.98. The number of anilines is 3. The lowest BCUT2D eigenvalue weighted by atomic mass is 10.2. The van der Waals surface area contributed by atoms with Crippen molar-refractivity contribution >= 4 is 17.5 Å². The molecule has 1 aromatic heterocycles. The van der Waals surface area contributed by atoms with Gasteiger partial charge in [0.15, 0.2) is 0 Å². The minimum atomic E-state index is 0.584. The third kappa shape index (κ3) is 3.70. The Morgan fingerprint density at radius 1 is 1.15 bits per heavy atom. The van der Waals surface area contributed by atoms with E-state index in [0.29, 0.717) is 11.9 Å². The zero-order chi connectivity index (χ0) is 14.5. The lowest BCUT2D eigenvalue weighted by Crippen LogP contribution is -2.16. The van der Waals surface area contributed by atoms with Gasteiger partial charge < -0.3 is 10.2 Å². The predicted molar refractivity (Wildman–Crippen MR) is 84.6 cm³/mol. The van der Waals surface area contributed by atoms with Crippen LogP contribution >= 0.6 is 0 Å². The van der Waals surface area contributed by atoms with Gasteiger partial charge >= 0.3 is 0 Å². The van der Waals surface area contributed by atoms with Gasteiger partial charge in [-0.2, -0.15) is 4.98 Å². The minimum Gasteiger partial charge on any atom is -0.370 e. The molecule has 0 saturated carbocycles. The van der Waals surface area contributed by atoms with Crippen molar-refractivity contribution in [1.29, 1.82) is 0 Å². The summed E-state index contributed by atoms with van der Waals surface area (Å²) in [6.45, 7) is 7.26. The average Bonchev–Trinajstić information content (AvgIpc) is 2.44. The van der Waals surface area contributed by atoms with Crippen LogP contribution in [0, 0.1) is 12.8 Å². The van der Waals surface area contributed by atoms with E-state index in [4.69, 9.17) is 0 Å². The molecule has 0 aliphatic heterocycles. The molecule has 0 radical (unpaired) electrons. The van der Waals surface area contributed by atoms with Crippen molar-refractivity contribution in [2.45, 2.75) is 20.8 Å². The van der Waals surface area contributed by atoms with Crippen molar-refractivity contribution in [2.24, 2.45) is 5.92 Å². The molecule has 20 heavy (non-hydrogen) atoms. The first-order valence-electron chi connectivity index (χ1n) is 6.94. The molecule has 0 unspecified atom stereocenters. The highest BCUT2D eigenvalue weighted by Gasteiger charge is 2.09. The molecule has 0 saturated heterocycles. The van der Waals surface area contributed by atoms with Gasteiger partial charge in [-0.25, -0.2) is 4.98 Å².